The fourth-order valence-corrected chi connectivity index (χ4v) is 3.08. The van der Waals surface area contributed by atoms with Gasteiger partial charge in [0.25, 0.3) is 15.7 Å². The first-order chi connectivity index (χ1) is 9.48. The summed E-state index contributed by atoms with van der Waals surface area (Å²) in [5, 5.41) is 14.8. The van der Waals surface area contributed by atoms with Gasteiger partial charge in [0, 0.05) is 24.2 Å². The Morgan fingerprint density at radius 3 is 2.70 bits per heavy atom. The van der Waals surface area contributed by atoms with Gasteiger partial charge in [-0.1, -0.05) is 6.07 Å². The van der Waals surface area contributed by atoms with Gasteiger partial charge in [-0.15, -0.1) is 0 Å². The van der Waals surface area contributed by atoms with Gasteiger partial charge in [-0.25, -0.2) is 0 Å². The molecule has 1 aliphatic carbocycles. The van der Waals surface area contributed by atoms with Crippen molar-refractivity contribution in [3.8, 4) is 0 Å². The fourth-order valence-electron chi connectivity index (χ4n) is 1.92. The summed E-state index contributed by atoms with van der Waals surface area (Å²) in [6, 6.07) is 6.62. The monoisotopic (exact) mass is 293 g/mol. The molecule has 8 heteroatoms. The Balaban J connectivity index is 2.01. The van der Waals surface area contributed by atoms with Crippen LogP contribution in [0.15, 0.2) is 41.4 Å². The van der Waals surface area contributed by atoms with Crippen LogP contribution in [-0.2, 0) is 10.0 Å². The zero-order valence-corrected chi connectivity index (χ0v) is 11.2. The van der Waals surface area contributed by atoms with Gasteiger partial charge in [-0.05, 0) is 25.0 Å². The Kier molecular flexibility index (Phi) is 2.82. The Bertz CT molecular complexity index is 778. The summed E-state index contributed by atoms with van der Waals surface area (Å²) in [5.74, 6) is 0.344. The summed E-state index contributed by atoms with van der Waals surface area (Å²) < 4.78 is 25.6. The van der Waals surface area contributed by atoms with E-state index in [0.29, 0.717) is 5.92 Å². The number of hydrogen-bond donors (Lipinski definition) is 0. The third-order valence-electron chi connectivity index (χ3n) is 3.16. The molecule has 0 amide bonds. The number of hydrogen-bond acceptors (Lipinski definition) is 5. The number of benzene rings is 1. The minimum absolute atomic E-state index is 0.142. The van der Waals surface area contributed by atoms with Gasteiger partial charge >= 0.3 is 0 Å². The lowest BCUT2D eigenvalue weighted by Crippen LogP contribution is -2.14. The second-order valence-electron chi connectivity index (χ2n) is 4.65. The van der Waals surface area contributed by atoms with Crippen molar-refractivity contribution in [1.29, 1.82) is 0 Å². The third kappa shape index (κ3) is 2.18. The van der Waals surface area contributed by atoms with Crippen molar-refractivity contribution in [2.75, 3.05) is 0 Å². The first-order valence-electron chi connectivity index (χ1n) is 6.04. The summed E-state index contributed by atoms with van der Waals surface area (Å²) >= 11 is 0. The highest BCUT2D eigenvalue weighted by Crippen LogP contribution is 2.39. The van der Waals surface area contributed by atoms with Crippen LogP contribution in [-0.4, -0.2) is 22.5 Å². The zero-order chi connectivity index (χ0) is 14.3. The maximum Gasteiger partial charge on any atom is 0.283 e. The third-order valence-corrected chi connectivity index (χ3v) is 4.70. The minimum atomic E-state index is -3.88. The minimum Gasteiger partial charge on any atom is -0.258 e. The van der Waals surface area contributed by atoms with Crippen LogP contribution in [0.5, 0.6) is 0 Å². The molecule has 1 fully saturated rings. The quantitative estimate of drug-likeness (QED) is 0.633. The first kappa shape index (κ1) is 12.8. The number of nitro groups is 1. The number of nitro benzene ring substituents is 1. The van der Waals surface area contributed by atoms with Crippen LogP contribution in [0.4, 0.5) is 5.69 Å². The molecule has 20 heavy (non-hydrogen) atoms. The Hall–Kier alpha value is -2.22. The Labute approximate surface area is 115 Å². The second kappa shape index (κ2) is 4.41. The number of non-ortho nitro benzene ring substituents is 1. The molecule has 1 heterocycles. The molecule has 7 nitrogen and oxygen atoms in total. The van der Waals surface area contributed by atoms with Gasteiger partial charge in [-0.2, -0.15) is 17.6 Å². The molecule has 0 aliphatic heterocycles. The van der Waals surface area contributed by atoms with Crippen LogP contribution in [0, 0.1) is 10.1 Å². The molecule has 0 N–H and O–H groups in total. The summed E-state index contributed by atoms with van der Waals surface area (Å²) in [6.07, 6.45) is 3.42. The van der Waals surface area contributed by atoms with E-state index < -0.39 is 14.9 Å². The molecule has 0 atom stereocenters. The Morgan fingerprint density at radius 2 is 2.05 bits per heavy atom. The van der Waals surface area contributed by atoms with Crippen molar-refractivity contribution in [3.63, 3.8) is 0 Å². The van der Waals surface area contributed by atoms with E-state index in [2.05, 4.69) is 5.10 Å². The summed E-state index contributed by atoms with van der Waals surface area (Å²) in [4.78, 5) is 9.94. The second-order valence-corrected chi connectivity index (χ2v) is 6.44. The predicted octanol–water partition coefficient (Wildman–Crippen LogP) is 1.91. The average molecular weight is 293 g/mol. The van der Waals surface area contributed by atoms with Crippen LogP contribution < -0.4 is 0 Å². The largest absolute Gasteiger partial charge is 0.283 e. The van der Waals surface area contributed by atoms with Gasteiger partial charge < -0.3 is 0 Å². The van der Waals surface area contributed by atoms with E-state index in [9.17, 15) is 18.5 Å². The van der Waals surface area contributed by atoms with Gasteiger partial charge in [0.2, 0.25) is 0 Å². The molecule has 1 aromatic heterocycles. The van der Waals surface area contributed by atoms with Crippen molar-refractivity contribution in [2.45, 2.75) is 23.7 Å². The van der Waals surface area contributed by atoms with Gasteiger partial charge in [0.05, 0.1) is 15.5 Å². The fraction of sp³-hybridized carbons (Fsp3) is 0.250. The first-order valence-corrected chi connectivity index (χ1v) is 7.48. The summed E-state index contributed by atoms with van der Waals surface area (Å²) in [7, 11) is -3.88. The summed E-state index contributed by atoms with van der Waals surface area (Å²) in [5.41, 5.74) is 0.486. The molecule has 2 aromatic rings. The number of aromatic nitrogens is 2. The lowest BCUT2D eigenvalue weighted by atomic mass is 10.3. The van der Waals surface area contributed by atoms with Gasteiger partial charge in [-0.3, -0.25) is 10.1 Å². The molecular formula is C12H11N3O4S. The smallest absolute Gasteiger partial charge is 0.258 e. The van der Waals surface area contributed by atoms with Gasteiger partial charge in [0.1, 0.15) is 0 Å². The van der Waals surface area contributed by atoms with Crippen LogP contribution >= 0.6 is 0 Å². The lowest BCUT2D eigenvalue weighted by molar-refractivity contribution is -0.385. The van der Waals surface area contributed by atoms with E-state index >= 15 is 0 Å². The van der Waals surface area contributed by atoms with Crippen molar-refractivity contribution < 1.29 is 13.3 Å². The van der Waals surface area contributed by atoms with Crippen LogP contribution in [0.3, 0.4) is 0 Å². The highest BCUT2D eigenvalue weighted by molar-refractivity contribution is 7.89. The molecule has 3 rings (SSSR count). The SMILES string of the molecule is O=[N+]([O-])c1cccc(S(=O)(=O)n2ccc(C3CC3)n2)c1. The Morgan fingerprint density at radius 1 is 1.30 bits per heavy atom. The van der Waals surface area contributed by atoms with E-state index in [-0.39, 0.29) is 10.6 Å². The van der Waals surface area contributed by atoms with E-state index in [1.807, 2.05) is 0 Å². The molecule has 0 bridgehead atoms. The zero-order valence-electron chi connectivity index (χ0n) is 10.3. The standard InChI is InChI=1S/C12H11N3O4S/c16-15(17)10-2-1-3-11(8-10)20(18,19)14-7-6-12(13-14)9-4-5-9/h1-3,6-9H,4-5H2. The average Bonchev–Trinajstić information content (AvgIpc) is 3.16. The molecule has 1 aliphatic rings. The molecule has 104 valence electrons. The summed E-state index contributed by atoms with van der Waals surface area (Å²) in [6.45, 7) is 0. The topological polar surface area (TPSA) is 95.1 Å². The molecule has 0 saturated heterocycles. The van der Waals surface area contributed by atoms with E-state index in [1.54, 1.807) is 6.07 Å². The highest BCUT2D eigenvalue weighted by Gasteiger charge is 2.28. The van der Waals surface area contributed by atoms with Crippen molar-refractivity contribution in [3.05, 3.63) is 52.3 Å². The molecule has 0 radical (unpaired) electrons. The van der Waals surface area contributed by atoms with E-state index in [0.717, 1.165) is 28.7 Å². The molecule has 0 unspecified atom stereocenters. The van der Waals surface area contributed by atoms with Gasteiger partial charge in [0.15, 0.2) is 0 Å². The lowest BCUT2D eigenvalue weighted by Gasteiger charge is -2.04. The number of rotatable bonds is 4. The highest BCUT2D eigenvalue weighted by atomic mass is 32.2. The normalized spacial score (nSPS) is 15.2. The number of nitrogens with zero attached hydrogens (tertiary/aromatic N) is 3. The molecular weight excluding hydrogens is 282 g/mol. The van der Waals surface area contributed by atoms with Crippen LogP contribution in [0.25, 0.3) is 0 Å². The van der Waals surface area contributed by atoms with Crippen molar-refractivity contribution in [2.24, 2.45) is 0 Å². The molecule has 1 saturated carbocycles. The van der Waals surface area contributed by atoms with Crippen LogP contribution in [0.2, 0.25) is 0 Å². The molecule has 1 aromatic carbocycles. The van der Waals surface area contributed by atoms with Crippen molar-refractivity contribution in [1.82, 2.24) is 9.19 Å². The van der Waals surface area contributed by atoms with Crippen molar-refractivity contribution >= 4 is 15.7 Å². The predicted molar refractivity (Wildman–Crippen MR) is 69.9 cm³/mol. The van der Waals surface area contributed by atoms with E-state index in [4.69, 9.17) is 0 Å². The molecule has 0 spiro atoms. The van der Waals surface area contributed by atoms with Crippen LogP contribution in [0.1, 0.15) is 24.5 Å². The maximum atomic E-state index is 12.3. The van der Waals surface area contributed by atoms with E-state index in [1.165, 1.54) is 24.4 Å². The maximum absolute atomic E-state index is 12.3.